The molecule has 0 aromatic carbocycles. The Morgan fingerprint density at radius 1 is 1.43 bits per heavy atom. The van der Waals surface area contributed by atoms with E-state index in [1.807, 2.05) is 0 Å². The van der Waals surface area contributed by atoms with Gasteiger partial charge in [-0.1, -0.05) is 0 Å². The summed E-state index contributed by atoms with van der Waals surface area (Å²) in [4.78, 5) is 12.9. The number of hydrogen-bond donors (Lipinski definition) is 0. The third-order valence-electron chi connectivity index (χ3n) is 6.03. The van der Waals surface area contributed by atoms with E-state index in [0.29, 0.717) is 15.3 Å². The van der Waals surface area contributed by atoms with Crippen molar-refractivity contribution in [3.05, 3.63) is 0 Å². The Hall–Kier alpha value is 0.930. The number of halogens is 2. The molecule has 0 aromatic rings. The molecule has 3 rings (SSSR count). The third-order valence-corrected chi connectivity index (χ3v) is 13.9. The van der Waals surface area contributed by atoms with Crippen LogP contribution < -0.4 is 21.2 Å². The molecule has 3 fully saturated rings. The Morgan fingerprint density at radius 2 is 2.05 bits per heavy atom. The summed E-state index contributed by atoms with van der Waals surface area (Å²) in [6.07, 6.45) is 8.41. The molecule has 2 saturated carbocycles. The molecule has 0 radical (unpaired) electrons. The molecule has 1 heterocycles. The zero-order valence-electron chi connectivity index (χ0n) is 13.3. The van der Waals surface area contributed by atoms with Crippen LogP contribution in [0.3, 0.4) is 0 Å². The van der Waals surface area contributed by atoms with Crippen LogP contribution in [0.1, 0.15) is 65.7 Å². The van der Waals surface area contributed by atoms with Gasteiger partial charge in [0.2, 0.25) is 0 Å². The molecule has 2 nitrogen and oxygen atoms in total. The summed E-state index contributed by atoms with van der Waals surface area (Å²) in [7, 11) is 0. The fourth-order valence-corrected chi connectivity index (χ4v) is 11.5. The van der Waals surface area contributed by atoms with Gasteiger partial charge in [0.05, 0.1) is 0 Å². The molecule has 122 valence electrons. The van der Waals surface area contributed by atoms with E-state index in [1.54, 1.807) is 0 Å². The number of esters is 1. The number of hydrogen-bond acceptors (Lipinski definition) is 2. The first-order chi connectivity index (χ1) is 9.91. The van der Waals surface area contributed by atoms with Gasteiger partial charge in [-0.15, -0.1) is 0 Å². The van der Waals surface area contributed by atoms with Crippen LogP contribution in [-0.2, 0) is 9.53 Å². The Balaban J connectivity index is 1.70. The van der Waals surface area contributed by atoms with Crippen molar-refractivity contribution in [2.75, 3.05) is 0 Å². The van der Waals surface area contributed by atoms with E-state index in [9.17, 15) is 4.79 Å². The van der Waals surface area contributed by atoms with Crippen LogP contribution >= 0.6 is 22.6 Å². The number of alkyl halides is 3. The summed E-state index contributed by atoms with van der Waals surface area (Å²) < 4.78 is 7.41. The molecule has 0 amide bonds. The molecular formula is C17H27I2O2-. The molecule has 3 aliphatic rings. The predicted molar refractivity (Wildman–Crippen MR) is 89.2 cm³/mol. The first-order valence-electron chi connectivity index (χ1n) is 8.43. The van der Waals surface area contributed by atoms with Gasteiger partial charge in [0, 0.05) is 0 Å². The van der Waals surface area contributed by atoms with Crippen molar-refractivity contribution < 1.29 is 30.7 Å². The van der Waals surface area contributed by atoms with Gasteiger partial charge in [0.1, 0.15) is 0 Å². The molecule has 0 N–H and O–H groups in total. The van der Waals surface area contributed by atoms with Gasteiger partial charge in [-0.05, 0) is 0 Å². The predicted octanol–water partition coefficient (Wildman–Crippen LogP) is 1.54. The summed E-state index contributed by atoms with van der Waals surface area (Å²) in [5.41, 5.74) is -0.214. The van der Waals surface area contributed by atoms with E-state index >= 15 is 0 Å². The Kier molecular flexibility index (Phi) is 4.87. The maximum absolute atomic E-state index is 12.9. The van der Waals surface area contributed by atoms with Crippen LogP contribution in [0.25, 0.3) is 0 Å². The van der Waals surface area contributed by atoms with Crippen molar-refractivity contribution in [1.82, 2.24) is 0 Å². The summed E-state index contributed by atoms with van der Waals surface area (Å²) in [5, 5.41) is 0. The van der Waals surface area contributed by atoms with Gasteiger partial charge in [-0.25, -0.2) is 0 Å². The average Bonchev–Trinajstić information content (AvgIpc) is 2.89. The summed E-state index contributed by atoms with van der Waals surface area (Å²) in [6, 6.07) is 0. The second kappa shape index (κ2) is 6.10. The van der Waals surface area contributed by atoms with E-state index in [4.69, 9.17) is 4.74 Å². The van der Waals surface area contributed by atoms with Crippen LogP contribution in [0.4, 0.5) is 0 Å². The van der Waals surface area contributed by atoms with E-state index in [0.717, 1.165) is 14.8 Å². The molecule has 1 saturated heterocycles. The van der Waals surface area contributed by atoms with Crippen LogP contribution in [0, 0.1) is 17.8 Å². The van der Waals surface area contributed by atoms with Crippen LogP contribution in [-0.4, -0.2) is 16.9 Å². The van der Waals surface area contributed by atoms with Crippen molar-refractivity contribution in [3.8, 4) is 0 Å². The average molecular weight is 517 g/mol. The molecule has 2 aliphatic carbocycles. The second-order valence-electron chi connectivity index (χ2n) is 7.50. The molecule has 1 aliphatic heterocycles. The van der Waals surface area contributed by atoms with E-state index in [1.165, 1.54) is 32.1 Å². The van der Waals surface area contributed by atoms with Crippen molar-refractivity contribution in [3.63, 3.8) is 0 Å². The zero-order valence-corrected chi connectivity index (χ0v) is 17.6. The normalized spacial score (nSPS) is 42.6. The minimum absolute atomic E-state index is 0.148. The fourth-order valence-electron chi connectivity index (χ4n) is 4.44. The SMILES string of the molecule is CCC(C)(OC(=O)C1CC(C)CC12[I-]C2I)C1CCCC1. The van der Waals surface area contributed by atoms with Gasteiger partial charge in [-0.2, -0.15) is 0 Å². The fraction of sp³-hybridized carbons (Fsp3) is 0.941. The van der Waals surface area contributed by atoms with Crippen molar-refractivity contribution in [1.29, 1.82) is 0 Å². The maximum atomic E-state index is 12.9. The van der Waals surface area contributed by atoms with Crippen LogP contribution in [0.5, 0.6) is 0 Å². The van der Waals surface area contributed by atoms with Crippen molar-refractivity contribution >= 4 is 28.6 Å². The topological polar surface area (TPSA) is 26.3 Å². The Labute approximate surface area is 152 Å². The molecule has 21 heavy (non-hydrogen) atoms. The van der Waals surface area contributed by atoms with Crippen molar-refractivity contribution in [2.45, 2.75) is 76.7 Å². The second-order valence-corrected chi connectivity index (χ2v) is 15.0. The van der Waals surface area contributed by atoms with E-state index < -0.39 is 0 Å². The van der Waals surface area contributed by atoms with Gasteiger partial charge in [0.15, 0.2) is 0 Å². The minimum atomic E-state index is -0.214. The molecule has 0 aromatic heterocycles. The van der Waals surface area contributed by atoms with Crippen molar-refractivity contribution in [2.24, 2.45) is 17.8 Å². The van der Waals surface area contributed by atoms with E-state index in [2.05, 4.69) is 43.4 Å². The van der Waals surface area contributed by atoms with Crippen LogP contribution in [0.2, 0.25) is 0 Å². The molecule has 0 bridgehead atoms. The first-order valence-corrected chi connectivity index (χ1v) is 12.0. The van der Waals surface area contributed by atoms with Gasteiger partial charge < -0.3 is 0 Å². The van der Waals surface area contributed by atoms with Gasteiger partial charge >= 0.3 is 154 Å². The molecular weight excluding hydrogens is 490 g/mol. The van der Waals surface area contributed by atoms with Gasteiger partial charge in [-0.3, -0.25) is 0 Å². The molecule has 5 unspecified atom stereocenters. The molecule has 4 heteroatoms. The summed E-state index contributed by atoms with van der Waals surface area (Å²) in [5.74, 6) is 1.66. The van der Waals surface area contributed by atoms with Gasteiger partial charge in [0.25, 0.3) is 0 Å². The van der Waals surface area contributed by atoms with E-state index in [-0.39, 0.29) is 38.7 Å². The molecule has 1 spiro atoms. The number of rotatable bonds is 4. The quantitative estimate of drug-likeness (QED) is 0.322. The van der Waals surface area contributed by atoms with Crippen LogP contribution in [0.15, 0.2) is 0 Å². The third kappa shape index (κ3) is 3.01. The number of carbonyl (C=O) groups is 1. The number of carbonyl (C=O) groups excluding carboxylic acids is 1. The zero-order chi connectivity index (χ0) is 15.3. The molecule has 5 atom stereocenters. The number of ether oxygens (including phenoxy) is 1. The Morgan fingerprint density at radius 3 is 2.57 bits per heavy atom. The standard InChI is InChI=1S/C17H27I2O2/c1-4-16(3,12-7-5-6-8-12)21-14(20)13-9-11(2)10-17(13)15(18)19-17/h11-13,15H,4-10H2,1-3H3/q-1. The first kappa shape index (κ1) is 16.8. The Bertz CT molecular complexity index is 421. The monoisotopic (exact) mass is 517 g/mol. The summed E-state index contributed by atoms with van der Waals surface area (Å²) in [6.45, 7) is 6.69. The summed E-state index contributed by atoms with van der Waals surface area (Å²) >= 11 is 2.81.